The van der Waals surface area contributed by atoms with Gasteiger partial charge in [0.1, 0.15) is 75.1 Å². The minimum Gasteiger partial charge on any atom is -1.00 e. The number of benzene rings is 9. The lowest BCUT2D eigenvalue weighted by atomic mass is 9.89. The molecule has 9 aromatic rings. The number of carboxylic acid groups (broad SMARTS) is 2. The van der Waals surface area contributed by atoms with Gasteiger partial charge < -0.3 is 71.5 Å². The van der Waals surface area contributed by atoms with Gasteiger partial charge in [-0.05, 0) is 168 Å². The summed E-state index contributed by atoms with van der Waals surface area (Å²) in [5.41, 5.74) is -0.221. The van der Waals surface area contributed by atoms with Crippen LogP contribution in [0.3, 0.4) is 0 Å². The van der Waals surface area contributed by atoms with Gasteiger partial charge in [-0.15, -0.1) is 0 Å². The first-order valence-corrected chi connectivity index (χ1v) is 40.1. The van der Waals surface area contributed by atoms with E-state index in [9.17, 15) is 133 Å². The molecule has 0 aromatic heterocycles. The summed E-state index contributed by atoms with van der Waals surface area (Å²) < 4.78 is 301. The number of phenols is 1. The Morgan fingerprint density at radius 3 is 0.948 bits per heavy atom. The van der Waals surface area contributed by atoms with Gasteiger partial charge in [0.15, 0.2) is 44.7 Å². The molecule has 9 rings (SSSR count). The van der Waals surface area contributed by atoms with Crippen LogP contribution in [0.25, 0.3) is 0 Å². The number of carbonyl (C=O) groups is 5. The van der Waals surface area contributed by atoms with Crippen LogP contribution in [0.15, 0.2) is 185 Å². The van der Waals surface area contributed by atoms with Crippen LogP contribution in [0, 0.1) is 58.2 Å². The van der Waals surface area contributed by atoms with Gasteiger partial charge in [0, 0.05) is 15.6 Å². The van der Waals surface area contributed by atoms with Crippen LogP contribution in [-0.4, -0.2) is 132 Å². The predicted octanol–water partition coefficient (Wildman–Crippen LogP) is 10.2. The number of carbonyl (C=O) groups excluding carboxylic acids is 3. The monoisotopic (exact) mass is 1900 g/mol. The number of aromatic hydroxyl groups is 1. The molecule has 0 heterocycles. The minimum absolute atomic E-state index is 0. The fraction of sp³-hybridized carbons (Fsp3) is 0.169. The van der Waals surface area contributed by atoms with Gasteiger partial charge in [-0.1, -0.05) is 89.0 Å². The number of halogens is 13. The van der Waals surface area contributed by atoms with E-state index in [0.717, 1.165) is 80.4 Å². The van der Waals surface area contributed by atoms with Crippen molar-refractivity contribution in [3.63, 3.8) is 0 Å². The molecule has 9 aromatic carbocycles. The van der Waals surface area contributed by atoms with Crippen LogP contribution in [0.1, 0.15) is 135 Å². The summed E-state index contributed by atoms with van der Waals surface area (Å²) >= 11 is 11.7. The summed E-state index contributed by atoms with van der Waals surface area (Å²) in [5.74, 6) is -24.9. The number of phenolic OH excluding ortho intramolecular Hbond substituents is 1. The second-order valence-corrected chi connectivity index (χ2v) is 33.2. The lowest BCUT2D eigenvalue weighted by Gasteiger charge is -2.24. The third-order valence-corrected chi connectivity index (χ3v) is 21.5. The molecule has 0 saturated carbocycles. The van der Waals surface area contributed by atoms with Crippen molar-refractivity contribution >= 4 is 128 Å². The maximum atomic E-state index is 14.4. The normalized spacial score (nSPS) is 11.2. The number of ketones is 1. The quantitative estimate of drug-likeness (QED) is 0.00931. The van der Waals surface area contributed by atoms with Crippen molar-refractivity contribution in [2.45, 2.75) is 105 Å². The standard InChI is InChI=1S/C18H8Cl2F5S.C15H24O3S.C10H10O7S.C8H6O7S.C8H8O4S.C6BF5.C6H6O4S.HI/c19-9-1-5-11(6-2-9)26(12-7-3-10(20)4-8-12)18-16(24)14(22)13(21)15(23)17(18)25;1-9(2)12-7-13(10(3)4)15(19(16,17)18)14(8-12)11(5)6;1-16-9(11)6-3-7(10(12)17-2)5-8(4-6)18(13,14)15;9-7(10)4-1-5(8(11)12)3-6(2-4)16(13,14)15;1-6(9)7-2-4-8(5-3-7)13(10,11)12;7-1-2(8)4(10)6(12)5(11)3(1)9;7-5-1-3-6(4-2-5)11(8,9)10;/h1-8H;7-11H,1-6H3,(H,16,17,18);3-5H,1-2H3,(H,13,14,15);1-3H,(H,9,10)(H,11,12)(H,13,14,15);2-5H,1H3,(H,10,11,12);;1-4,7H,(H,8,9,10);1H/q+1;;;;;;;/p-6. The molecule has 0 aliphatic rings. The van der Waals surface area contributed by atoms with E-state index < -0.39 is 175 Å². The first kappa shape index (κ1) is 103. The number of Topliss-reactive ketones (excluding diaryl/α,β-unsaturated/α-hetero) is 1. The van der Waals surface area contributed by atoms with Crippen molar-refractivity contribution in [1.29, 1.82) is 0 Å². The topological polar surface area (TPSA) is 450 Å². The molecule has 116 heavy (non-hydrogen) atoms. The molecule has 626 valence electrons. The fourth-order valence-electron chi connectivity index (χ4n) is 8.75. The molecule has 25 nitrogen and oxygen atoms in total. The average molecular weight is 1900 g/mol. The van der Waals surface area contributed by atoms with Gasteiger partial charge >= 0.3 is 23.9 Å². The maximum Gasteiger partial charge on any atom is 0.337 e. The van der Waals surface area contributed by atoms with E-state index in [1.54, 1.807) is 0 Å². The van der Waals surface area contributed by atoms with Crippen molar-refractivity contribution in [2.24, 2.45) is 0 Å². The Labute approximate surface area is 687 Å². The molecule has 3 N–H and O–H groups in total. The molecule has 0 amide bonds. The van der Waals surface area contributed by atoms with Crippen LogP contribution < -0.4 is 29.4 Å². The van der Waals surface area contributed by atoms with Crippen molar-refractivity contribution in [3.8, 4) is 5.75 Å². The van der Waals surface area contributed by atoms with E-state index in [4.69, 9.17) is 38.5 Å². The van der Waals surface area contributed by atoms with Crippen LogP contribution in [0.5, 0.6) is 5.75 Å². The zero-order valence-corrected chi connectivity index (χ0v) is 68.9. The molecule has 2 radical (unpaired) electrons. The summed E-state index contributed by atoms with van der Waals surface area (Å²) in [4.78, 5) is 52.0. The second kappa shape index (κ2) is 43.4. The number of esters is 2. The van der Waals surface area contributed by atoms with E-state index >= 15 is 0 Å². The Hall–Kier alpha value is -9.10. The molecular formula is C71H57BCl2F10IO25S6-5. The van der Waals surface area contributed by atoms with Gasteiger partial charge in [0.2, 0.25) is 34.0 Å². The maximum absolute atomic E-state index is 14.4. The van der Waals surface area contributed by atoms with E-state index in [2.05, 4.69) is 31.2 Å². The van der Waals surface area contributed by atoms with Gasteiger partial charge in [-0.25, -0.2) is 96.4 Å². The van der Waals surface area contributed by atoms with Crippen molar-refractivity contribution in [1.82, 2.24) is 0 Å². The zero-order chi connectivity index (χ0) is 88.4. The Bertz CT molecular complexity index is 5460. The Balaban J connectivity index is 0.000000467. The largest absolute Gasteiger partial charge is 1.00 e. The number of carboxylic acids is 2. The minimum atomic E-state index is -4.89. The Morgan fingerprint density at radius 1 is 0.397 bits per heavy atom. The first-order chi connectivity index (χ1) is 52.7. The van der Waals surface area contributed by atoms with Crippen molar-refractivity contribution in [3.05, 3.63) is 258 Å². The van der Waals surface area contributed by atoms with Gasteiger partial charge in [-0.3, -0.25) is 4.79 Å². The molecule has 0 unspecified atom stereocenters. The highest BCUT2D eigenvalue weighted by molar-refractivity contribution is 7.97. The summed E-state index contributed by atoms with van der Waals surface area (Å²) in [7, 11) is -17.8. The van der Waals surface area contributed by atoms with E-state index in [1.807, 2.05) is 39.8 Å². The molecule has 0 fully saturated rings. The SMILES string of the molecule is CC(=O)c1ccc(S(=O)(=O)[O-])cc1.CC(C)c1cc(C(C)C)c(S(=O)(=O)[O-])c(C(C)C)c1.COC(=O)c1cc(C(=O)OC)cc(S(=O)(=O)[O-])c1.Fc1c(F)c(F)c([S+](c2ccc(Cl)cc2)c2ccc(Cl)cc2)c(F)c1F.O=C(O)c1cc(C(=O)O)cc(S(=O)(=O)[O-])c1.O=S(=O)([O-])c1ccc(O)cc1.[B]c1c(F)c(F)c(F)c(F)c1F.[I-]. The predicted molar refractivity (Wildman–Crippen MR) is 385 cm³/mol. The summed E-state index contributed by atoms with van der Waals surface area (Å²) in [5, 5.41) is 26.6. The number of ether oxygens (including phenoxy) is 2. The molecule has 0 bridgehead atoms. The molecular weight excluding hydrogens is 1840 g/mol. The van der Waals surface area contributed by atoms with E-state index in [1.165, 1.54) is 67.6 Å². The van der Waals surface area contributed by atoms with Crippen molar-refractivity contribution < 1.29 is 181 Å². The molecule has 0 spiro atoms. The molecule has 0 aliphatic heterocycles. The highest BCUT2D eigenvalue weighted by Crippen LogP contribution is 2.39. The molecule has 0 aliphatic carbocycles. The number of rotatable bonds is 16. The lowest BCUT2D eigenvalue weighted by Crippen LogP contribution is -3.00. The van der Waals surface area contributed by atoms with Crippen LogP contribution >= 0.6 is 23.2 Å². The average Bonchev–Trinajstić information content (AvgIpc) is 0.769. The number of aromatic carboxylic acids is 2. The first-order valence-electron chi connectivity index (χ1n) is 31.1. The Kier molecular flexibility index (Phi) is 38.5. The fourth-order valence-corrected chi connectivity index (χ4v) is 14.3. The highest BCUT2D eigenvalue weighted by atomic mass is 127. The summed E-state index contributed by atoms with van der Waals surface area (Å²) in [6.45, 7) is 13.2. The second-order valence-electron chi connectivity index (χ2n) is 23.5. The van der Waals surface area contributed by atoms with E-state index in [-0.39, 0.29) is 73.2 Å². The molecule has 0 atom stereocenters. The molecule has 0 saturated heterocycles. The number of hydrogen-bond acceptors (Lipinski definition) is 23. The number of hydrogen-bond donors (Lipinski definition) is 3. The Morgan fingerprint density at radius 2 is 0.681 bits per heavy atom. The summed E-state index contributed by atoms with van der Waals surface area (Å²) in [6.07, 6.45) is 0. The zero-order valence-electron chi connectivity index (χ0n) is 60.4. The van der Waals surface area contributed by atoms with Gasteiger partial charge in [0.05, 0.1) is 61.0 Å². The van der Waals surface area contributed by atoms with Gasteiger partial charge in [-0.2, -0.15) is 8.78 Å². The smallest absolute Gasteiger partial charge is 0.337 e. The van der Waals surface area contributed by atoms with Crippen LogP contribution in [0.2, 0.25) is 10.0 Å². The summed E-state index contributed by atoms with van der Waals surface area (Å²) in [6, 6.07) is 29.5. The third kappa shape index (κ3) is 29.2. The molecule has 45 heteroatoms. The lowest BCUT2D eigenvalue weighted by molar-refractivity contribution is -0.000109. The highest BCUT2D eigenvalue weighted by Gasteiger charge is 2.41. The third-order valence-electron chi connectivity index (χ3n) is 14.4. The van der Waals surface area contributed by atoms with Crippen molar-refractivity contribution in [2.75, 3.05) is 14.2 Å². The van der Waals surface area contributed by atoms with Gasteiger partial charge in [0.25, 0.3) is 0 Å². The van der Waals surface area contributed by atoms with E-state index in [0.29, 0.717) is 54.6 Å². The number of methoxy groups -OCH3 is 2. The van der Waals surface area contributed by atoms with Crippen LogP contribution in [0.4, 0.5) is 43.9 Å². The van der Waals surface area contributed by atoms with Crippen LogP contribution in [-0.2, 0) is 71.0 Å².